The summed E-state index contributed by atoms with van der Waals surface area (Å²) in [5.41, 5.74) is 1.06. The quantitative estimate of drug-likeness (QED) is 0.859. The smallest absolute Gasteiger partial charge is 0.231 e. The zero-order chi connectivity index (χ0) is 13.1. The SMILES string of the molecule is OCc1ccc(CNCc2cccc3c2OCO3)o1. The van der Waals surface area contributed by atoms with Crippen molar-refractivity contribution < 1.29 is 19.0 Å². The molecule has 1 aromatic heterocycles. The van der Waals surface area contributed by atoms with Gasteiger partial charge in [-0.05, 0) is 18.2 Å². The molecule has 0 radical (unpaired) electrons. The van der Waals surface area contributed by atoms with Gasteiger partial charge in [0.05, 0.1) is 6.54 Å². The van der Waals surface area contributed by atoms with Crippen molar-refractivity contribution in [2.24, 2.45) is 0 Å². The first-order valence-corrected chi connectivity index (χ1v) is 6.13. The Labute approximate surface area is 110 Å². The Hall–Kier alpha value is -1.98. The first kappa shape index (κ1) is 12.1. The molecular weight excluding hydrogens is 246 g/mol. The van der Waals surface area contributed by atoms with Crippen LogP contribution in [0.3, 0.4) is 0 Å². The van der Waals surface area contributed by atoms with Gasteiger partial charge < -0.3 is 24.3 Å². The molecule has 5 heteroatoms. The Balaban J connectivity index is 1.59. The van der Waals surface area contributed by atoms with Crippen LogP contribution in [0, 0.1) is 0 Å². The molecule has 0 bridgehead atoms. The summed E-state index contributed by atoms with van der Waals surface area (Å²) in [6.07, 6.45) is 0. The molecule has 0 fully saturated rings. The molecule has 0 saturated carbocycles. The Morgan fingerprint density at radius 2 is 1.95 bits per heavy atom. The lowest BCUT2D eigenvalue weighted by molar-refractivity contribution is 0.173. The zero-order valence-corrected chi connectivity index (χ0v) is 10.4. The van der Waals surface area contributed by atoms with Gasteiger partial charge in [-0.3, -0.25) is 0 Å². The number of aliphatic hydroxyl groups excluding tert-OH is 1. The zero-order valence-electron chi connectivity index (χ0n) is 10.4. The second-order valence-electron chi connectivity index (χ2n) is 4.28. The highest BCUT2D eigenvalue weighted by molar-refractivity contribution is 5.48. The maximum atomic E-state index is 8.92. The number of hydrogen-bond donors (Lipinski definition) is 2. The lowest BCUT2D eigenvalue weighted by Crippen LogP contribution is -2.12. The largest absolute Gasteiger partial charge is 0.462 e. The van der Waals surface area contributed by atoms with Crippen molar-refractivity contribution in [1.82, 2.24) is 5.32 Å². The lowest BCUT2D eigenvalue weighted by atomic mass is 10.2. The second kappa shape index (κ2) is 5.34. The molecule has 0 unspecified atom stereocenters. The number of benzene rings is 1. The Kier molecular flexibility index (Phi) is 3.39. The maximum Gasteiger partial charge on any atom is 0.231 e. The molecule has 2 N–H and O–H groups in total. The Bertz CT molecular complexity index is 564. The van der Waals surface area contributed by atoms with E-state index in [-0.39, 0.29) is 13.4 Å². The summed E-state index contributed by atoms with van der Waals surface area (Å²) in [7, 11) is 0. The molecule has 2 heterocycles. The summed E-state index contributed by atoms with van der Waals surface area (Å²) >= 11 is 0. The molecule has 1 aliphatic heterocycles. The van der Waals surface area contributed by atoms with Gasteiger partial charge in [-0.1, -0.05) is 12.1 Å². The highest BCUT2D eigenvalue weighted by Gasteiger charge is 2.16. The van der Waals surface area contributed by atoms with E-state index in [0.29, 0.717) is 18.8 Å². The summed E-state index contributed by atoms with van der Waals surface area (Å²) in [6, 6.07) is 9.47. The van der Waals surface area contributed by atoms with E-state index in [1.54, 1.807) is 6.07 Å². The summed E-state index contributed by atoms with van der Waals surface area (Å²) < 4.78 is 16.2. The second-order valence-corrected chi connectivity index (χ2v) is 4.28. The van der Waals surface area contributed by atoms with Crippen LogP contribution in [0.15, 0.2) is 34.7 Å². The van der Waals surface area contributed by atoms with Crippen LogP contribution < -0.4 is 14.8 Å². The number of rotatable bonds is 5. The summed E-state index contributed by atoms with van der Waals surface area (Å²) in [6.45, 7) is 1.48. The number of ether oxygens (including phenoxy) is 2. The number of aliphatic hydroxyl groups is 1. The monoisotopic (exact) mass is 261 g/mol. The summed E-state index contributed by atoms with van der Waals surface area (Å²) in [5, 5.41) is 12.2. The normalized spacial score (nSPS) is 12.9. The summed E-state index contributed by atoms with van der Waals surface area (Å²) in [4.78, 5) is 0. The van der Waals surface area contributed by atoms with E-state index in [0.717, 1.165) is 22.8 Å². The molecule has 0 spiro atoms. The van der Waals surface area contributed by atoms with Crippen LogP contribution in [0.4, 0.5) is 0 Å². The van der Waals surface area contributed by atoms with Gasteiger partial charge in [0, 0.05) is 12.1 Å². The van der Waals surface area contributed by atoms with E-state index in [4.69, 9.17) is 19.0 Å². The average Bonchev–Trinajstić information content (AvgIpc) is 3.07. The molecule has 0 amide bonds. The fraction of sp³-hybridized carbons (Fsp3) is 0.286. The number of nitrogens with one attached hydrogen (secondary N) is 1. The Morgan fingerprint density at radius 3 is 2.79 bits per heavy atom. The van der Waals surface area contributed by atoms with Crippen molar-refractivity contribution >= 4 is 0 Å². The lowest BCUT2D eigenvalue weighted by Gasteiger charge is -2.06. The van der Waals surface area contributed by atoms with Crippen molar-refractivity contribution in [1.29, 1.82) is 0 Å². The number of hydrogen-bond acceptors (Lipinski definition) is 5. The van der Waals surface area contributed by atoms with Crippen LogP contribution in [0.2, 0.25) is 0 Å². The fourth-order valence-electron chi connectivity index (χ4n) is 2.05. The molecule has 0 saturated heterocycles. The minimum Gasteiger partial charge on any atom is -0.462 e. The molecule has 100 valence electrons. The van der Waals surface area contributed by atoms with Gasteiger partial charge in [0.25, 0.3) is 0 Å². The van der Waals surface area contributed by atoms with Gasteiger partial charge in [-0.25, -0.2) is 0 Å². The molecule has 3 rings (SSSR count). The van der Waals surface area contributed by atoms with E-state index in [1.807, 2.05) is 24.3 Å². The Morgan fingerprint density at radius 1 is 1.05 bits per heavy atom. The van der Waals surface area contributed by atoms with Crippen LogP contribution >= 0.6 is 0 Å². The standard InChI is InChI=1S/C14H15NO4/c16-8-12-5-4-11(19-12)7-15-6-10-2-1-3-13-14(10)18-9-17-13/h1-5,15-16H,6-9H2. The third kappa shape index (κ3) is 2.57. The molecule has 2 aromatic rings. The molecule has 0 aliphatic carbocycles. The van der Waals surface area contributed by atoms with Crippen molar-refractivity contribution in [3.8, 4) is 11.5 Å². The predicted molar refractivity (Wildman–Crippen MR) is 67.7 cm³/mol. The van der Waals surface area contributed by atoms with Gasteiger partial charge in [0.15, 0.2) is 11.5 Å². The van der Waals surface area contributed by atoms with Crippen molar-refractivity contribution in [3.63, 3.8) is 0 Å². The van der Waals surface area contributed by atoms with Crippen LogP contribution in [0.25, 0.3) is 0 Å². The number of furan rings is 1. The highest BCUT2D eigenvalue weighted by Crippen LogP contribution is 2.35. The van der Waals surface area contributed by atoms with E-state index in [1.165, 1.54) is 0 Å². The number of fused-ring (bicyclic) bond motifs is 1. The molecule has 0 atom stereocenters. The van der Waals surface area contributed by atoms with E-state index in [9.17, 15) is 0 Å². The van der Waals surface area contributed by atoms with Crippen LogP contribution in [-0.2, 0) is 19.7 Å². The van der Waals surface area contributed by atoms with Gasteiger partial charge in [-0.2, -0.15) is 0 Å². The van der Waals surface area contributed by atoms with Gasteiger partial charge in [0.2, 0.25) is 6.79 Å². The van der Waals surface area contributed by atoms with Crippen molar-refractivity contribution in [3.05, 3.63) is 47.4 Å². The minimum atomic E-state index is -0.0721. The average molecular weight is 261 g/mol. The van der Waals surface area contributed by atoms with Gasteiger partial charge in [0.1, 0.15) is 18.1 Å². The van der Waals surface area contributed by atoms with Gasteiger partial charge >= 0.3 is 0 Å². The molecule has 5 nitrogen and oxygen atoms in total. The third-order valence-corrected chi connectivity index (χ3v) is 2.97. The molecule has 19 heavy (non-hydrogen) atoms. The fourth-order valence-corrected chi connectivity index (χ4v) is 2.05. The van der Waals surface area contributed by atoms with Crippen LogP contribution in [0.5, 0.6) is 11.5 Å². The van der Waals surface area contributed by atoms with Crippen LogP contribution in [-0.4, -0.2) is 11.9 Å². The number of para-hydroxylation sites is 1. The first-order valence-electron chi connectivity index (χ1n) is 6.13. The van der Waals surface area contributed by atoms with Crippen molar-refractivity contribution in [2.75, 3.05) is 6.79 Å². The molecule has 1 aliphatic rings. The van der Waals surface area contributed by atoms with Crippen LogP contribution in [0.1, 0.15) is 17.1 Å². The van der Waals surface area contributed by atoms with E-state index < -0.39 is 0 Å². The minimum absolute atomic E-state index is 0.0721. The van der Waals surface area contributed by atoms with Crippen molar-refractivity contribution in [2.45, 2.75) is 19.7 Å². The maximum absolute atomic E-state index is 8.92. The van der Waals surface area contributed by atoms with Gasteiger partial charge in [-0.15, -0.1) is 0 Å². The summed E-state index contributed by atoms with van der Waals surface area (Å²) in [5.74, 6) is 2.98. The molecular formula is C14H15NO4. The van der Waals surface area contributed by atoms with E-state index >= 15 is 0 Å². The molecule has 1 aromatic carbocycles. The van der Waals surface area contributed by atoms with E-state index in [2.05, 4.69) is 5.32 Å². The third-order valence-electron chi connectivity index (χ3n) is 2.97. The first-order chi connectivity index (χ1) is 9.36. The topological polar surface area (TPSA) is 63.9 Å². The predicted octanol–water partition coefficient (Wildman–Crippen LogP) is 1.79. The highest BCUT2D eigenvalue weighted by atomic mass is 16.7.